The summed E-state index contributed by atoms with van der Waals surface area (Å²) < 4.78 is 15.1. The van der Waals surface area contributed by atoms with Crippen LogP contribution in [0.3, 0.4) is 0 Å². The van der Waals surface area contributed by atoms with Gasteiger partial charge in [-0.15, -0.1) is 0 Å². The zero-order valence-electron chi connectivity index (χ0n) is 9.77. The first-order valence-electron chi connectivity index (χ1n) is 5.45. The number of nitrogens with zero attached hydrogens (tertiary/aromatic N) is 2. The SMILES string of the molecule is CCn1ccnc1C(=O)c1ccc(C)c(F)c1. The molecule has 1 heterocycles. The summed E-state index contributed by atoms with van der Waals surface area (Å²) in [5.41, 5.74) is 0.856. The van der Waals surface area contributed by atoms with Gasteiger partial charge in [0.25, 0.3) is 0 Å². The maximum Gasteiger partial charge on any atom is 0.228 e. The first-order chi connectivity index (χ1) is 8.13. The van der Waals surface area contributed by atoms with E-state index in [1.807, 2.05) is 6.92 Å². The smallest absolute Gasteiger partial charge is 0.228 e. The van der Waals surface area contributed by atoms with Crippen molar-refractivity contribution in [2.24, 2.45) is 0 Å². The standard InChI is InChI=1S/C13H13FN2O/c1-3-16-7-6-15-13(16)12(17)10-5-4-9(2)11(14)8-10/h4-8H,3H2,1-2H3. The van der Waals surface area contributed by atoms with Crippen LogP contribution in [-0.2, 0) is 6.54 Å². The summed E-state index contributed by atoms with van der Waals surface area (Å²) in [4.78, 5) is 16.1. The minimum Gasteiger partial charge on any atom is -0.328 e. The summed E-state index contributed by atoms with van der Waals surface area (Å²) in [5, 5.41) is 0. The van der Waals surface area contributed by atoms with E-state index in [0.29, 0.717) is 23.5 Å². The van der Waals surface area contributed by atoms with E-state index >= 15 is 0 Å². The Hall–Kier alpha value is -1.97. The number of rotatable bonds is 3. The van der Waals surface area contributed by atoms with Gasteiger partial charge in [-0.2, -0.15) is 0 Å². The summed E-state index contributed by atoms with van der Waals surface area (Å²) in [6.45, 7) is 4.25. The summed E-state index contributed by atoms with van der Waals surface area (Å²) >= 11 is 0. The summed E-state index contributed by atoms with van der Waals surface area (Å²) in [6, 6.07) is 4.48. The number of aromatic nitrogens is 2. The van der Waals surface area contributed by atoms with Gasteiger partial charge in [-0.1, -0.05) is 12.1 Å². The third-order valence-electron chi connectivity index (χ3n) is 2.69. The molecule has 4 heteroatoms. The lowest BCUT2D eigenvalue weighted by molar-refractivity contribution is 0.102. The number of hydrogen-bond donors (Lipinski definition) is 0. The van der Waals surface area contributed by atoms with E-state index in [9.17, 15) is 9.18 Å². The maximum atomic E-state index is 13.4. The Labute approximate surface area is 98.9 Å². The van der Waals surface area contributed by atoms with Crippen molar-refractivity contribution < 1.29 is 9.18 Å². The highest BCUT2D eigenvalue weighted by Crippen LogP contribution is 2.13. The van der Waals surface area contributed by atoms with E-state index in [1.165, 1.54) is 6.07 Å². The Bertz CT molecular complexity index is 560. The van der Waals surface area contributed by atoms with Gasteiger partial charge in [-0.25, -0.2) is 9.37 Å². The Morgan fingerprint density at radius 3 is 2.88 bits per heavy atom. The molecule has 17 heavy (non-hydrogen) atoms. The van der Waals surface area contributed by atoms with E-state index < -0.39 is 0 Å². The van der Waals surface area contributed by atoms with E-state index in [4.69, 9.17) is 0 Å². The fourth-order valence-electron chi connectivity index (χ4n) is 1.64. The molecule has 2 rings (SSSR count). The quantitative estimate of drug-likeness (QED) is 0.762. The molecule has 0 bridgehead atoms. The molecule has 3 nitrogen and oxygen atoms in total. The van der Waals surface area contributed by atoms with Crippen molar-refractivity contribution in [3.05, 3.63) is 53.4 Å². The second-order valence-electron chi connectivity index (χ2n) is 3.83. The lowest BCUT2D eigenvalue weighted by Crippen LogP contribution is -2.10. The topological polar surface area (TPSA) is 34.9 Å². The Morgan fingerprint density at radius 2 is 2.24 bits per heavy atom. The Kier molecular flexibility index (Phi) is 3.04. The molecule has 2 aromatic rings. The van der Waals surface area contributed by atoms with Crippen LogP contribution in [0.25, 0.3) is 0 Å². The second kappa shape index (κ2) is 4.49. The molecule has 0 unspecified atom stereocenters. The van der Waals surface area contributed by atoms with Crippen molar-refractivity contribution in [2.45, 2.75) is 20.4 Å². The van der Waals surface area contributed by atoms with Gasteiger partial charge in [-0.3, -0.25) is 4.79 Å². The van der Waals surface area contributed by atoms with Gasteiger partial charge in [0.15, 0.2) is 5.82 Å². The summed E-state index contributed by atoms with van der Waals surface area (Å²) in [5.74, 6) is -0.281. The van der Waals surface area contributed by atoms with Crippen LogP contribution >= 0.6 is 0 Å². The monoisotopic (exact) mass is 232 g/mol. The largest absolute Gasteiger partial charge is 0.328 e. The third-order valence-corrected chi connectivity index (χ3v) is 2.69. The molecule has 0 saturated carbocycles. The van der Waals surface area contributed by atoms with Crippen molar-refractivity contribution in [1.82, 2.24) is 9.55 Å². The normalized spacial score (nSPS) is 10.5. The first kappa shape index (κ1) is 11.5. The molecule has 0 fully saturated rings. The average molecular weight is 232 g/mol. The van der Waals surface area contributed by atoms with Crippen LogP contribution < -0.4 is 0 Å². The first-order valence-corrected chi connectivity index (χ1v) is 5.45. The van der Waals surface area contributed by atoms with Crippen LogP contribution in [0.15, 0.2) is 30.6 Å². The highest BCUT2D eigenvalue weighted by molar-refractivity contribution is 6.06. The van der Waals surface area contributed by atoms with Crippen LogP contribution in [0, 0.1) is 12.7 Å². The second-order valence-corrected chi connectivity index (χ2v) is 3.83. The third kappa shape index (κ3) is 2.11. The van der Waals surface area contributed by atoms with Gasteiger partial charge in [0.05, 0.1) is 0 Å². The number of aryl methyl sites for hydroxylation is 2. The van der Waals surface area contributed by atoms with Crippen LogP contribution in [0.2, 0.25) is 0 Å². The van der Waals surface area contributed by atoms with E-state index in [0.717, 1.165) is 0 Å². The van der Waals surface area contributed by atoms with Gasteiger partial charge in [0.1, 0.15) is 5.82 Å². The number of ketones is 1. The van der Waals surface area contributed by atoms with Crippen molar-refractivity contribution in [3.63, 3.8) is 0 Å². The molecule has 0 aliphatic heterocycles. The zero-order chi connectivity index (χ0) is 12.4. The van der Waals surface area contributed by atoms with Gasteiger partial charge in [-0.05, 0) is 25.5 Å². The summed E-state index contributed by atoms with van der Waals surface area (Å²) in [7, 11) is 0. The predicted octanol–water partition coefficient (Wildman–Crippen LogP) is 2.58. The van der Waals surface area contributed by atoms with Gasteiger partial charge in [0, 0.05) is 24.5 Å². The van der Waals surface area contributed by atoms with E-state index in [-0.39, 0.29) is 11.6 Å². The molecular weight excluding hydrogens is 219 g/mol. The van der Waals surface area contributed by atoms with Crippen LogP contribution in [0.1, 0.15) is 28.7 Å². The number of imidazole rings is 1. The number of hydrogen-bond acceptors (Lipinski definition) is 2. The van der Waals surface area contributed by atoms with Crippen LogP contribution in [-0.4, -0.2) is 15.3 Å². The number of carbonyl (C=O) groups excluding carboxylic acids is 1. The van der Waals surface area contributed by atoms with E-state index in [1.54, 1.807) is 36.0 Å². The number of benzene rings is 1. The molecule has 1 aromatic carbocycles. The van der Waals surface area contributed by atoms with Gasteiger partial charge < -0.3 is 4.57 Å². The van der Waals surface area contributed by atoms with Crippen molar-refractivity contribution in [2.75, 3.05) is 0 Å². The molecular formula is C13H13FN2O. The lowest BCUT2D eigenvalue weighted by Gasteiger charge is -2.04. The number of halogens is 1. The Morgan fingerprint density at radius 1 is 1.47 bits per heavy atom. The maximum absolute atomic E-state index is 13.4. The van der Waals surface area contributed by atoms with Crippen molar-refractivity contribution in [3.8, 4) is 0 Å². The van der Waals surface area contributed by atoms with Crippen molar-refractivity contribution in [1.29, 1.82) is 0 Å². The molecule has 0 aliphatic carbocycles. The predicted molar refractivity (Wildman–Crippen MR) is 62.5 cm³/mol. The van der Waals surface area contributed by atoms with Crippen LogP contribution in [0.5, 0.6) is 0 Å². The van der Waals surface area contributed by atoms with Crippen molar-refractivity contribution >= 4 is 5.78 Å². The Balaban J connectivity index is 2.40. The van der Waals surface area contributed by atoms with Crippen LogP contribution in [0.4, 0.5) is 4.39 Å². The molecule has 0 aliphatic rings. The lowest BCUT2D eigenvalue weighted by atomic mass is 10.1. The van der Waals surface area contributed by atoms with E-state index in [2.05, 4.69) is 4.98 Å². The fourth-order valence-corrected chi connectivity index (χ4v) is 1.64. The minimum atomic E-state index is -0.370. The fraction of sp³-hybridized carbons (Fsp3) is 0.231. The number of carbonyl (C=O) groups is 1. The molecule has 0 atom stereocenters. The zero-order valence-corrected chi connectivity index (χ0v) is 9.77. The molecule has 0 spiro atoms. The van der Waals surface area contributed by atoms with Gasteiger partial charge in [0.2, 0.25) is 5.78 Å². The average Bonchev–Trinajstić information content (AvgIpc) is 2.80. The highest BCUT2D eigenvalue weighted by Gasteiger charge is 2.15. The highest BCUT2D eigenvalue weighted by atomic mass is 19.1. The molecule has 0 saturated heterocycles. The van der Waals surface area contributed by atoms with Gasteiger partial charge >= 0.3 is 0 Å². The molecule has 0 radical (unpaired) electrons. The summed E-state index contributed by atoms with van der Waals surface area (Å²) in [6.07, 6.45) is 3.30. The molecule has 88 valence electrons. The molecule has 1 aromatic heterocycles. The minimum absolute atomic E-state index is 0.254. The molecule has 0 amide bonds. The molecule has 0 N–H and O–H groups in total.